The highest BCUT2D eigenvalue weighted by atomic mass is 79.9. The maximum atomic E-state index is 11.9. The molecule has 0 saturated carbocycles. The van der Waals surface area contributed by atoms with Crippen LogP contribution in [0.5, 0.6) is 11.5 Å². The van der Waals surface area contributed by atoms with Gasteiger partial charge < -0.3 is 9.47 Å². The van der Waals surface area contributed by atoms with Gasteiger partial charge in [0.15, 0.2) is 6.61 Å². The van der Waals surface area contributed by atoms with E-state index in [1.54, 1.807) is 7.11 Å². The molecule has 0 bridgehead atoms. The highest BCUT2D eigenvalue weighted by molar-refractivity contribution is 9.10. The van der Waals surface area contributed by atoms with Crippen molar-refractivity contribution < 1.29 is 14.3 Å². The number of benzene rings is 2. The standard InChI is InChI=1S/C20H23BrN2O3/c1-4-14(2)15-5-8-18(9-6-15)26-13-20(24)23-22-12-16-11-17(21)7-10-19(16)25-3/h5-12,14H,4,13H2,1-3H3,(H,23,24)/b22-12+. The number of carbonyl (C=O) groups excluding carboxylic acids is 1. The minimum Gasteiger partial charge on any atom is -0.496 e. The fourth-order valence-electron chi connectivity index (χ4n) is 2.29. The third-order valence-corrected chi connectivity index (χ3v) is 4.51. The minimum absolute atomic E-state index is 0.102. The number of methoxy groups -OCH3 is 1. The van der Waals surface area contributed by atoms with E-state index in [9.17, 15) is 4.79 Å². The normalized spacial score (nSPS) is 12.0. The topological polar surface area (TPSA) is 59.9 Å². The number of nitrogens with zero attached hydrogens (tertiary/aromatic N) is 1. The van der Waals surface area contributed by atoms with E-state index in [1.807, 2.05) is 42.5 Å². The van der Waals surface area contributed by atoms with Gasteiger partial charge in [0.2, 0.25) is 0 Å². The molecule has 1 amide bonds. The van der Waals surface area contributed by atoms with E-state index in [2.05, 4.69) is 40.3 Å². The molecule has 1 unspecified atom stereocenters. The second-order valence-electron chi connectivity index (χ2n) is 5.85. The number of rotatable bonds is 8. The largest absolute Gasteiger partial charge is 0.496 e. The molecule has 0 radical (unpaired) electrons. The summed E-state index contributed by atoms with van der Waals surface area (Å²) in [6.07, 6.45) is 2.62. The van der Waals surface area contributed by atoms with Crippen LogP contribution in [0.2, 0.25) is 0 Å². The lowest BCUT2D eigenvalue weighted by Gasteiger charge is -2.10. The quantitative estimate of drug-likeness (QED) is 0.506. The van der Waals surface area contributed by atoms with Crippen LogP contribution >= 0.6 is 15.9 Å². The SMILES string of the molecule is CCC(C)c1ccc(OCC(=O)N/N=C/c2cc(Br)ccc2OC)cc1. The van der Waals surface area contributed by atoms with Crippen molar-refractivity contribution in [3.8, 4) is 11.5 Å². The van der Waals surface area contributed by atoms with Crippen LogP contribution in [0, 0.1) is 0 Å². The maximum absolute atomic E-state index is 11.9. The van der Waals surface area contributed by atoms with Gasteiger partial charge in [0.25, 0.3) is 5.91 Å². The van der Waals surface area contributed by atoms with Crippen LogP contribution in [0.1, 0.15) is 37.3 Å². The lowest BCUT2D eigenvalue weighted by molar-refractivity contribution is -0.123. The Labute approximate surface area is 162 Å². The Balaban J connectivity index is 1.85. The third kappa shape index (κ3) is 5.88. The predicted octanol–water partition coefficient (Wildman–Crippen LogP) is 4.50. The summed E-state index contributed by atoms with van der Waals surface area (Å²) in [6.45, 7) is 4.24. The zero-order valence-corrected chi connectivity index (χ0v) is 16.7. The Hall–Kier alpha value is -2.34. The molecule has 6 heteroatoms. The second kappa shape index (κ2) is 9.97. The molecule has 0 aliphatic rings. The van der Waals surface area contributed by atoms with Gasteiger partial charge in [-0.05, 0) is 48.2 Å². The van der Waals surface area contributed by atoms with E-state index in [0.717, 1.165) is 16.5 Å². The van der Waals surface area contributed by atoms with Gasteiger partial charge in [0.05, 0.1) is 13.3 Å². The summed E-state index contributed by atoms with van der Waals surface area (Å²) < 4.78 is 11.6. The van der Waals surface area contributed by atoms with Crippen molar-refractivity contribution in [1.82, 2.24) is 5.43 Å². The molecule has 0 saturated heterocycles. The second-order valence-corrected chi connectivity index (χ2v) is 6.76. The van der Waals surface area contributed by atoms with Gasteiger partial charge in [-0.25, -0.2) is 5.43 Å². The Morgan fingerprint density at radius 3 is 2.65 bits per heavy atom. The predicted molar refractivity (Wildman–Crippen MR) is 107 cm³/mol. The van der Waals surface area contributed by atoms with Crippen LogP contribution in [0.4, 0.5) is 0 Å². The van der Waals surface area contributed by atoms with E-state index in [0.29, 0.717) is 17.4 Å². The number of halogens is 1. The number of hydrogen-bond acceptors (Lipinski definition) is 4. The monoisotopic (exact) mass is 418 g/mol. The van der Waals surface area contributed by atoms with E-state index in [1.165, 1.54) is 11.8 Å². The van der Waals surface area contributed by atoms with Crippen molar-refractivity contribution in [2.24, 2.45) is 5.10 Å². The molecule has 138 valence electrons. The molecule has 1 atom stereocenters. The number of nitrogens with one attached hydrogen (secondary N) is 1. The molecule has 0 aliphatic carbocycles. The van der Waals surface area contributed by atoms with Crippen molar-refractivity contribution in [3.63, 3.8) is 0 Å². The summed E-state index contributed by atoms with van der Waals surface area (Å²) in [5.41, 5.74) is 4.46. The first kappa shape index (κ1) is 20.0. The lowest BCUT2D eigenvalue weighted by Crippen LogP contribution is -2.24. The molecule has 2 aromatic rings. The van der Waals surface area contributed by atoms with Gasteiger partial charge in [-0.3, -0.25) is 4.79 Å². The highest BCUT2D eigenvalue weighted by Crippen LogP contribution is 2.22. The molecule has 0 heterocycles. The van der Waals surface area contributed by atoms with E-state index in [-0.39, 0.29) is 12.5 Å². The van der Waals surface area contributed by atoms with Gasteiger partial charge in [-0.2, -0.15) is 5.10 Å². The van der Waals surface area contributed by atoms with E-state index in [4.69, 9.17) is 9.47 Å². The smallest absolute Gasteiger partial charge is 0.277 e. The van der Waals surface area contributed by atoms with Gasteiger partial charge in [0, 0.05) is 10.0 Å². The van der Waals surface area contributed by atoms with Crippen LogP contribution in [0.3, 0.4) is 0 Å². The number of hydrogen-bond donors (Lipinski definition) is 1. The molecular formula is C20H23BrN2O3. The maximum Gasteiger partial charge on any atom is 0.277 e. The molecule has 2 rings (SSSR count). The molecule has 0 aliphatic heterocycles. The van der Waals surface area contributed by atoms with Crippen molar-refractivity contribution in [3.05, 3.63) is 58.1 Å². The lowest BCUT2D eigenvalue weighted by atomic mass is 9.99. The van der Waals surface area contributed by atoms with Crippen LogP contribution in [-0.4, -0.2) is 25.8 Å². The summed E-state index contributed by atoms with van der Waals surface area (Å²) in [7, 11) is 1.58. The third-order valence-electron chi connectivity index (χ3n) is 4.02. The minimum atomic E-state index is -0.332. The first-order chi connectivity index (χ1) is 12.5. The van der Waals surface area contributed by atoms with Crippen LogP contribution in [0.15, 0.2) is 52.0 Å². The highest BCUT2D eigenvalue weighted by Gasteiger charge is 2.05. The average molecular weight is 419 g/mol. The van der Waals surface area contributed by atoms with Gasteiger partial charge >= 0.3 is 0 Å². The number of ether oxygens (including phenoxy) is 2. The summed E-state index contributed by atoms with van der Waals surface area (Å²) >= 11 is 3.39. The van der Waals surface area contributed by atoms with Crippen LogP contribution in [0.25, 0.3) is 0 Å². The van der Waals surface area contributed by atoms with Gasteiger partial charge in [-0.1, -0.05) is 41.9 Å². The fourth-order valence-corrected chi connectivity index (χ4v) is 2.67. The average Bonchev–Trinajstić information content (AvgIpc) is 2.66. The summed E-state index contributed by atoms with van der Waals surface area (Å²) in [5, 5.41) is 3.95. The Kier molecular flexibility index (Phi) is 7.66. The number of hydrazone groups is 1. The Bertz CT molecular complexity index is 760. The summed E-state index contributed by atoms with van der Waals surface area (Å²) in [6, 6.07) is 13.4. The molecule has 5 nitrogen and oxygen atoms in total. The van der Waals surface area contributed by atoms with Crippen molar-refractivity contribution >= 4 is 28.1 Å². The van der Waals surface area contributed by atoms with Gasteiger partial charge in [-0.15, -0.1) is 0 Å². The molecule has 0 spiro atoms. The molecule has 0 fully saturated rings. The zero-order chi connectivity index (χ0) is 18.9. The molecule has 26 heavy (non-hydrogen) atoms. The van der Waals surface area contributed by atoms with E-state index < -0.39 is 0 Å². The molecular weight excluding hydrogens is 396 g/mol. The van der Waals surface area contributed by atoms with Crippen LogP contribution in [-0.2, 0) is 4.79 Å². The van der Waals surface area contributed by atoms with Crippen LogP contribution < -0.4 is 14.9 Å². The van der Waals surface area contributed by atoms with Crippen molar-refractivity contribution in [2.75, 3.05) is 13.7 Å². The first-order valence-electron chi connectivity index (χ1n) is 8.41. The Morgan fingerprint density at radius 1 is 1.27 bits per heavy atom. The number of carbonyl (C=O) groups is 1. The molecule has 0 aromatic heterocycles. The Morgan fingerprint density at radius 2 is 2.00 bits per heavy atom. The molecule has 1 N–H and O–H groups in total. The molecule has 2 aromatic carbocycles. The van der Waals surface area contributed by atoms with Gasteiger partial charge in [0.1, 0.15) is 11.5 Å². The fraction of sp³-hybridized carbons (Fsp3) is 0.300. The number of amides is 1. The van der Waals surface area contributed by atoms with Crippen molar-refractivity contribution in [1.29, 1.82) is 0 Å². The summed E-state index contributed by atoms with van der Waals surface area (Å²) in [5.74, 6) is 1.51. The first-order valence-corrected chi connectivity index (χ1v) is 9.21. The summed E-state index contributed by atoms with van der Waals surface area (Å²) in [4.78, 5) is 11.9. The van der Waals surface area contributed by atoms with Crippen molar-refractivity contribution in [2.45, 2.75) is 26.2 Å². The van der Waals surface area contributed by atoms with E-state index >= 15 is 0 Å². The zero-order valence-electron chi connectivity index (χ0n) is 15.2.